The van der Waals surface area contributed by atoms with Gasteiger partial charge in [-0.15, -0.1) is 0 Å². The Labute approximate surface area is 111 Å². The van der Waals surface area contributed by atoms with Gasteiger partial charge in [-0.3, -0.25) is 9.59 Å². The zero-order valence-electron chi connectivity index (χ0n) is 10.7. The van der Waals surface area contributed by atoms with Gasteiger partial charge in [0.05, 0.1) is 5.56 Å². The number of rotatable bonds is 4. The van der Waals surface area contributed by atoms with Gasteiger partial charge >= 0.3 is 0 Å². The first-order chi connectivity index (χ1) is 9.06. The molecule has 19 heavy (non-hydrogen) atoms. The van der Waals surface area contributed by atoms with Crippen LogP contribution >= 0.6 is 0 Å². The number of nitrogens with two attached hydrogens (primary N) is 1. The molecule has 2 N–H and O–H groups in total. The topological polar surface area (TPSA) is 64.0 Å². The average Bonchev–Trinajstić information content (AvgIpc) is 2.38. The molecule has 0 bridgehead atoms. The SMILES string of the molecule is CC(=O)c1cc(-c2ccccc2)c[n+](CC(N)=O)c1. The highest BCUT2D eigenvalue weighted by molar-refractivity contribution is 5.94. The summed E-state index contributed by atoms with van der Waals surface area (Å²) < 4.78 is 1.64. The Morgan fingerprint density at radius 2 is 1.79 bits per heavy atom. The van der Waals surface area contributed by atoms with Gasteiger partial charge < -0.3 is 5.73 Å². The summed E-state index contributed by atoms with van der Waals surface area (Å²) in [5, 5.41) is 0. The Morgan fingerprint density at radius 3 is 2.37 bits per heavy atom. The fourth-order valence-electron chi connectivity index (χ4n) is 1.89. The van der Waals surface area contributed by atoms with E-state index < -0.39 is 5.91 Å². The van der Waals surface area contributed by atoms with Crippen LogP contribution < -0.4 is 10.3 Å². The van der Waals surface area contributed by atoms with Crippen LogP contribution in [0.2, 0.25) is 0 Å². The van der Waals surface area contributed by atoms with Crippen molar-refractivity contribution in [1.29, 1.82) is 0 Å². The molecule has 0 aliphatic heterocycles. The molecule has 0 atom stereocenters. The fraction of sp³-hybridized carbons (Fsp3) is 0.133. The van der Waals surface area contributed by atoms with Gasteiger partial charge in [-0.2, -0.15) is 4.57 Å². The van der Waals surface area contributed by atoms with Gasteiger partial charge in [-0.25, -0.2) is 0 Å². The van der Waals surface area contributed by atoms with E-state index in [0.29, 0.717) is 5.56 Å². The zero-order chi connectivity index (χ0) is 13.8. The van der Waals surface area contributed by atoms with Crippen LogP contribution in [0.25, 0.3) is 11.1 Å². The highest BCUT2D eigenvalue weighted by Gasteiger charge is 2.13. The Kier molecular flexibility index (Phi) is 3.71. The number of pyridine rings is 1. The Balaban J connectivity index is 2.51. The maximum Gasteiger partial charge on any atom is 0.283 e. The molecular formula is C15H15N2O2+. The van der Waals surface area contributed by atoms with Crippen LogP contribution in [0, 0.1) is 0 Å². The van der Waals surface area contributed by atoms with Crippen LogP contribution in [0.1, 0.15) is 17.3 Å². The molecule has 0 unspecified atom stereocenters. The van der Waals surface area contributed by atoms with Crippen molar-refractivity contribution in [2.75, 3.05) is 0 Å². The molecule has 0 spiro atoms. The normalized spacial score (nSPS) is 10.2. The second-order valence-electron chi connectivity index (χ2n) is 4.37. The van der Waals surface area contributed by atoms with Crippen molar-refractivity contribution in [3.63, 3.8) is 0 Å². The molecule has 0 saturated heterocycles. The molecule has 0 aliphatic rings. The van der Waals surface area contributed by atoms with Crippen LogP contribution in [0.4, 0.5) is 0 Å². The van der Waals surface area contributed by atoms with Crippen LogP contribution in [-0.2, 0) is 11.3 Å². The molecule has 0 saturated carbocycles. The summed E-state index contributed by atoms with van der Waals surface area (Å²) in [6, 6.07) is 11.5. The Bertz CT molecular complexity index is 621. The van der Waals surface area contributed by atoms with Gasteiger partial charge in [0.1, 0.15) is 0 Å². The summed E-state index contributed by atoms with van der Waals surface area (Å²) in [4.78, 5) is 22.6. The molecule has 0 radical (unpaired) electrons. The highest BCUT2D eigenvalue weighted by Crippen LogP contribution is 2.18. The number of ketones is 1. The van der Waals surface area contributed by atoms with Gasteiger partial charge in [0.25, 0.3) is 5.91 Å². The smallest absolute Gasteiger partial charge is 0.283 e. The molecule has 4 nitrogen and oxygen atoms in total. The number of aromatic nitrogens is 1. The average molecular weight is 255 g/mol. The van der Waals surface area contributed by atoms with Crippen molar-refractivity contribution < 1.29 is 14.2 Å². The van der Waals surface area contributed by atoms with E-state index in [1.807, 2.05) is 42.6 Å². The summed E-state index contributed by atoms with van der Waals surface area (Å²) in [5.74, 6) is -0.485. The standard InChI is InChI=1S/C15H14N2O2/c1-11(18)13-7-14(12-5-3-2-4-6-12)9-17(8-13)10-15(16)19/h2-9H,10H2,1H3,(H-,16,19)/p+1. The predicted octanol–water partition coefficient (Wildman–Crippen LogP) is 1.33. The van der Waals surface area contributed by atoms with Crippen LogP contribution in [0.5, 0.6) is 0 Å². The first-order valence-electron chi connectivity index (χ1n) is 5.95. The summed E-state index contributed by atoms with van der Waals surface area (Å²) in [7, 11) is 0. The van der Waals surface area contributed by atoms with Gasteiger partial charge in [0.15, 0.2) is 18.2 Å². The number of carbonyl (C=O) groups is 2. The van der Waals surface area contributed by atoms with Crippen molar-refractivity contribution in [2.45, 2.75) is 13.5 Å². The molecule has 2 aromatic rings. The Morgan fingerprint density at radius 1 is 1.11 bits per heavy atom. The quantitative estimate of drug-likeness (QED) is 0.661. The zero-order valence-corrected chi connectivity index (χ0v) is 10.7. The van der Waals surface area contributed by atoms with Crippen molar-refractivity contribution in [3.8, 4) is 11.1 Å². The molecule has 0 aliphatic carbocycles. The van der Waals surface area contributed by atoms with Gasteiger partial charge in [0.2, 0.25) is 6.54 Å². The molecule has 1 heterocycles. The van der Waals surface area contributed by atoms with Crippen molar-refractivity contribution in [1.82, 2.24) is 0 Å². The predicted molar refractivity (Wildman–Crippen MR) is 71.3 cm³/mol. The van der Waals surface area contributed by atoms with Gasteiger partial charge in [0, 0.05) is 5.56 Å². The lowest BCUT2D eigenvalue weighted by molar-refractivity contribution is -0.683. The molecular weight excluding hydrogens is 240 g/mol. The first kappa shape index (κ1) is 13.0. The molecule has 1 amide bonds. The van der Waals surface area contributed by atoms with E-state index in [4.69, 9.17) is 5.73 Å². The third-order valence-corrected chi connectivity index (χ3v) is 2.77. The molecule has 96 valence electrons. The maximum atomic E-state index is 11.5. The van der Waals surface area contributed by atoms with E-state index in [9.17, 15) is 9.59 Å². The minimum atomic E-state index is -0.440. The molecule has 4 heteroatoms. The Hall–Kier alpha value is -2.49. The fourth-order valence-corrected chi connectivity index (χ4v) is 1.89. The van der Waals surface area contributed by atoms with E-state index in [1.165, 1.54) is 6.92 Å². The van der Waals surface area contributed by atoms with Crippen LogP contribution in [0.15, 0.2) is 48.8 Å². The van der Waals surface area contributed by atoms with Crippen molar-refractivity contribution in [3.05, 3.63) is 54.4 Å². The van der Waals surface area contributed by atoms with Crippen LogP contribution in [-0.4, -0.2) is 11.7 Å². The summed E-state index contributed by atoms with van der Waals surface area (Å²) >= 11 is 0. The van der Waals surface area contributed by atoms with E-state index in [0.717, 1.165) is 11.1 Å². The number of hydrogen-bond donors (Lipinski definition) is 1. The lowest BCUT2D eigenvalue weighted by atomic mass is 10.0. The summed E-state index contributed by atoms with van der Waals surface area (Å²) in [6.45, 7) is 1.56. The minimum Gasteiger partial charge on any atom is -0.364 e. The van der Waals surface area contributed by atoms with E-state index in [1.54, 1.807) is 10.8 Å². The number of amides is 1. The third kappa shape index (κ3) is 3.25. The number of primary amides is 1. The molecule has 0 fully saturated rings. The number of carbonyl (C=O) groups excluding carboxylic acids is 2. The number of Topliss-reactive ketones (excluding diaryl/α,β-unsaturated/α-hetero) is 1. The lowest BCUT2D eigenvalue weighted by Gasteiger charge is -2.03. The van der Waals surface area contributed by atoms with Crippen LogP contribution in [0.3, 0.4) is 0 Å². The van der Waals surface area contributed by atoms with E-state index >= 15 is 0 Å². The van der Waals surface area contributed by atoms with Gasteiger partial charge in [-0.1, -0.05) is 30.3 Å². The van der Waals surface area contributed by atoms with E-state index in [-0.39, 0.29) is 12.3 Å². The first-order valence-corrected chi connectivity index (χ1v) is 5.95. The number of nitrogens with zero attached hydrogens (tertiary/aromatic N) is 1. The van der Waals surface area contributed by atoms with E-state index in [2.05, 4.69) is 0 Å². The summed E-state index contributed by atoms with van der Waals surface area (Å²) in [6.07, 6.45) is 3.45. The largest absolute Gasteiger partial charge is 0.364 e. The highest BCUT2D eigenvalue weighted by atomic mass is 16.1. The maximum absolute atomic E-state index is 11.5. The van der Waals surface area contributed by atoms with Crippen molar-refractivity contribution >= 4 is 11.7 Å². The number of benzene rings is 1. The summed E-state index contributed by atoms with van der Waals surface area (Å²) in [5.41, 5.74) is 7.63. The third-order valence-electron chi connectivity index (χ3n) is 2.77. The monoisotopic (exact) mass is 255 g/mol. The number of hydrogen-bond acceptors (Lipinski definition) is 2. The van der Waals surface area contributed by atoms with Gasteiger partial charge in [-0.05, 0) is 18.6 Å². The van der Waals surface area contributed by atoms with Crippen molar-refractivity contribution in [2.24, 2.45) is 5.73 Å². The lowest BCUT2D eigenvalue weighted by Crippen LogP contribution is -2.41. The molecule has 1 aromatic heterocycles. The molecule has 1 aromatic carbocycles. The second-order valence-corrected chi connectivity index (χ2v) is 4.37. The minimum absolute atomic E-state index is 0.0454. The second kappa shape index (κ2) is 5.44. The molecule has 2 rings (SSSR count).